The third kappa shape index (κ3) is 4.13. The summed E-state index contributed by atoms with van der Waals surface area (Å²) in [5.74, 6) is -0.232. The molecule has 198 valence electrons. The molecule has 0 saturated carbocycles. The van der Waals surface area contributed by atoms with Gasteiger partial charge < -0.3 is 0 Å². The quantitative estimate of drug-likeness (QED) is 0.227. The summed E-state index contributed by atoms with van der Waals surface area (Å²) in [5, 5.41) is 10.2. The van der Waals surface area contributed by atoms with Crippen molar-refractivity contribution in [3.63, 3.8) is 0 Å². The lowest BCUT2D eigenvalue weighted by Gasteiger charge is -2.32. The molecule has 5 aromatic rings. The molecule has 4 aromatic carbocycles. The minimum atomic E-state index is -1.58. The first kappa shape index (κ1) is 26.0. The molecule has 1 aliphatic rings. The van der Waals surface area contributed by atoms with Gasteiger partial charge in [-0.3, -0.25) is 4.98 Å². The molecule has 2 nitrogen and oxygen atoms in total. The van der Waals surface area contributed by atoms with Crippen molar-refractivity contribution in [1.82, 2.24) is 4.98 Å². The van der Waals surface area contributed by atoms with Crippen LogP contribution in [0.5, 0.6) is 0 Å². The van der Waals surface area contributed by atoms with Crippen LogP contribution in [0.15, 0.2) is 107 Å². The number of nitrogens with zero attached hydrogens (tertiary/aromatic N) is 2. The number of aromatic nitrogens is 1. The number of benzene rings is 4. The maximum Gasteiger partial charge on any atom is 0.130 e. The van der Waals surface area contributed by atoms with Gasteiger partial charge in [0.15, 0.2) is 0 Å². The number of hydrogen-bond acceptors (Lipinski definition) is 2. The molecule has 0 bridgehead atoms. The normalized spacial score (nSPS) is 14.2. The summed E-state index contributed by atoms with van der Waals surface area (Å²) < 4.78 is 15.3. The lowest BCUT2D eigenvalue weighted by molar-refractivity contribution is 0.520. The van der Waals surface area contributed by atoms with E-state index in [9.17, 15) is 5.26 Å². The molecule has 0 radical (unpaired) electrons. The zero-order chi connectivity index (χ0) is 28.2. The lowest BCUT2D eigenvalue weighted by atomic mass is 9.87. The fourth-order valence-corrected chi connectivity index (χ4v) is 9.02. The van der Waals surface area contributed by atoms with E-state index in [1.54, 1.807) is 12.3 Å². The highest BCUT2D eigenvalue weighted by molar-refractivity contribution is 8.33. The predicted molar refractivity (Wildman–Crippen MR) is 165 cm³/mol. The van der Waals surface area contributed by atoms with Crippen LogP contribution < -0.4 is 0 Å². The molecule has 40 heavy (non-hydrogen) atoms. The van der Waals surface area contributed by atoms with Gasteiger partial charge in [0.05, 0.1) is 17.3 Å². The van der Waals surface area contributed by atoms with Crippen molar-refractivity contribution < 1.29 is 4.39 Å². The lowest BCUT2D eigenvalue weighted by Crippen LogP contribution is -2.14. The van der Waals surface area contributed by atoms with E-state index in [4.69, 9.17) is 4.98 Å². The van der Waals surface area contributed by atoms with Crippen molar-refractivity contribution in [3.8, 4) is 50.7 Å². The maximum absolute atomic E-state index is 15.3. The smallest absolute Gasteiger partial charge is 0.130 e. The molecule has 0 aliphatic carbocycles. The third-order valence-corrected chi connectivity index (χ3v) is 10.7. The minimum absolute atomic E-state index is 0.232. The Morgan fingerprint density at radius 2 is 1.35 bits per heavy atom. The fraction of sp³-hybridized carbons (Fsp3) is 0.167. The predicted octanol–water partition coefficient (Wildman–Crippen LogP) is 9.85. The van der Waals surface area contributed by atoms with Gasteiger partial charge in [0, 0.05) is 38.7 Å². The molecule has 2 heterocycles. The summed E-state index contributed by atoms with van der Waals surface area (Å²) in [7, 11) is -1.58. The Hall–Kier alpha value is -4.20. The SMILES string of the molecule is CC(C)(C)c1cnc(-c2cccc3c2S(C)(C)c2c-3ccc(C#N)c2-c2ccc(-c3ccccc3)cc2)cc1F. The van der Waals surface area contributed by atoms with Crippen molar-refractivity contribution >= 4 is 10.0 Å². The molecule has 1 aliphatic heterocycles. The molecular weight excluding hydrogens is 511 g/mol. The Kier molecular flexibility index (Phi) is 6.16. The Balaban J connectivity index is 1.53. The van der Waals surface area contributed by atoms with Gasteiger partial charge >= 0.3 is 0 Å². The van der Waals surface area contributed by atoms with Crippen LogP contribution in [0, 0.1) is 17.1 Å². The number of pyridine rings is 1. The first-order valence-corrected chi connectivity index (χ1v) is 15.8. The van der Waals surface area contributed by atoms with Crippen molar-refractivity contribution in [2.45, 2.75) is 36.0 Å². The van der Waals surface area contributed by atoms with Gasteiger partial charge in [-0.15, -0.1) is 0 Å². The van der Waals surface area contributed by atoms with E-state index in [0.29, 0.717) is 16.8 Å². The number of halogens is 1. The molecule has 4 heteroatoms. The summed E-state index contributed by atoms with van der Waals surface area (Å²) >= 11 is 0. The summed E-state index contributed by atoms with van der Waals surface area (Å²) in [6.07, 6.45) is 6.25. The zero-order valence-electron chi connectivity index (χ0n) is 23.4. The number of fused-ring (bicyclic) bond motifs is 3. The summed E-state index contributed by atoms with van der Waals surface area (Å²) in [4.78, 5) is 7.15. The monoisotopic (exact) mass is 542 g/mol. The van der Waals surface area contributed by atoms with Crippen LogP contribution in [0.4, 0.5) is 4.39 Å². The summed E-state index contributed by atoms with van der Waals surface area (Å²) in [5.41, 5.74) is 9.15. The van der Waals surface area contributed by atoms with Crippen LogP contribution in [0.2, 0.25) is 0 Å². The molecule has 0 fully saturated rings. The van der Waals surface area contributed by atoms with Gasteiger partial charge in [0.2, 0.25) is 0 Å². The third-order valence-electron chi connectivity index (χ3n) is 7.82. The van der Waals surface area contributed by atoms with E-state index < -0.39 is 10.0 Å². The van der Waals surface area contributed by atoms with Crippen LogP contribution in [0.3, 0.4) is 0 Å². The van der Waals surface area contributed by atoms with Gasteiger partial charge in [0.1, 0.15) is 5.82 Å². The minimum Gasteiger partial charge on any atom is -0.256 e. The second kappa shape index (κ2) is 9.47. The van der Waals surface area contributed by atoms with Crippen molar-refractivity contribution in [2.24, 2.45) is 0 Å². The molecule has 0 saturated heterocycles. The number of hydrogen-bond donors (Lipinski definition) is 0. The highest BCUT2D eigenvalue weighted by Gasteiger charge is 2.37. The van der Waals surface area contributed by atoms with E-state index in [0.717, 1.165) is 38.9 Å². The average molecular weight is 543 g/mol. The van der Waals surface area contributed by atoms with Crippen LogP contribution in [-0.2, 0) is 5.41 Å². The topological polar surface area (TPSA) is 36.7 Å². The summed E-state index contributed by atoms with van der Waals surface area (Å²) in [6, 6.07) is 33.1. The molecule has 6 rings (SSSR count). The highest BCUT2D eigenvalue weighted by Crippen LogP contribution is 2.71. The van der Waals surface area contributed by atoms with Crippen molar-refractivity contribution in [1.29, 1.82) is 5.26 Å². The number of nitriles is 1. The van der Waals surface area contributed by atoms with Crippen LogP contribution in [0.1, 0.15) is 31.9 Å². The van der Waals surface area contributed by atoms with E-state index in [1.165, 1.54) is 9.79 Å². The Morgan fingerprint density at radius 3 is 2.00 bits per heavy atom. The first-order chi connectivity index (χ1) is 19.1. The summed E-state index contributed by atoms with van der Waals surface area (Å²) in [6.45, 7) is 5.99. The van der Waals surface area contributed by atoms with Gasteiger partial charge in [-0.25, -0.2) is 4.39 Å². The van der Waals surface area contributed by atoms with Crippen molar-refractivity contribution in [3.05, 3.63) is 114 Å². The van der Waals surface area contributed by atoms with E-state index in [-0.39, 0.29) is 11.2 Å². The molecule has 0 N–H and O–H groups in total. The molecule has 0 atom stereocenters. The Morgan fingerprint density at radius 1 is 0.725 bits per heavy atom. The van der Waals surface area contributed by atoms with Gasteiger partial charge in [-0.05, 0) is 51.8 Å². The van der Waals surface area contributed by atoms with Crippen LogP contribution in [0.25, 0.3) is 44.6 Å². The largest absolute Gasteiger partial charge is 0.256 e. The Bertz CT molecular complexity index is 1810. The van der Waals surface area contributed by atoms with Gasteiger partial charge in [0.25, 0.3) is 0 Å². The van der Waals surface area contributed by atoms with Crippen LogP contribution >= 0.6 is 10.0 Å². The average Bonchev–Trinajstić information content (AvgIpc) is 3.19. The molecule has 0 spiro atoms. The second-order valence-electron chi connectivity index (χ2n) is 11.7. The van der Waals surface area contributed by atoms with Crippen LogP contribution in [-0.4, -0.2) is 17.5 Å². The van der Waals surface area contributed by atoms with Gasteiger partial charge in [-0.1, -0.05) is 99.6 Å². The van der Waals surface area contributed by atoms with E-state index in [2.05, 4.69) is 73.2 Å². The fourth-order valence-electron chi connectivity index (χ4n) is 5.90. The second-order valence-corrected chi connectivity index (χ2v) is 15.2. The maximum atomic E-state index is 15.3. The number of rotatable bonds is 3. The molecular formula is C36H31FN2S. The first-order valence-electron chi connectivity index (χ1n) is 13.4. The highest BCUT2D eigenvalue weighted by atomic mass is 32.3. The van der Waals surface area contributed by atoms with Gasteiger partial charge in [-0.2, -0.15) is 15.3 Å². The molecule has 0 amide bonds. The van der Waals surface area contributed by atoms with E-state index in [1.807, 2.05) is 51.1 Å². The standard InChI is InChI=1S/C36H31FN2S/c1-36(2,3)30-22-39-32(20-31(30)37)29-13-9-12-27-28-19-18-26(21-38)33(35(28)40(4,5)34(27)29)25-16-14-24(15-17-25)23-10-7-6-8-11-23/h6-20,22H,1-5H3. The van der Waals surface area contributed by atoms with E-state index >= 15 is 4.39 Å². The zero-order valence-corrected chi connectivity index (χ0v) is 24.2. The molecule has 1 aromatic heterocycles. The van der Waals surface area contributed by atoms with Crippen molar-refractivity contribution in [2.75, 3.05) is 12.5 Å². The molecule has 0 unspecified atom stereocenters. The Labute approximate surface area is 237 Å².